The van der Waals surface area contributed by atoms with Crippen LogP contribution in [0.1, 0.15) is 12.5 Å². The number of carbonyl (C=O) groups is 1. The van der Waals surface area contributed by atoms with E-state index in [1.165, 1.54) is 6.92 Å². The number of carbonyl (C=O) groups excluding carboxylic acids is 1. The average molecular weight is 267 g/mol. The average Bonchev–Trinajstić information content (AvgIpc) is 2.38. The van der Waals surface area contributed by atoms with Crippen LogP contribution in [0.3, 0.4) is 0 Å². The first-order chi connectivity index (χ1) is 9.54. The fourth-order valence-electron chi connectivity index (χ4n) is 2.33. The van der Waals surface area contributed by atoms with E-state index < -0.39 is 0 Å². The summed E-state index contributed by atoms with van der Waals surface area (Å²) in [4.78, 5) is 23.1. The predicted molar refractivity (Wildman–Crippen MR) is 79.0 cm³/mol. The molecule has 100 valence electrons. The zero-order valence-corrected chi connectivity index (χ0v) is 11.2. The Balaban J connectivity index is 2.33. The molecule has 0 saturated carbocycles. The topological polar surface area (TPSA) is 59.3 Å². The highest BCUT2D eigenvalue weighted by Gasteiger charge is 2.08. The summed E-state index contributed by atoms with van der Waals surface area (Å²) in [5, 5.41) is 4.96. The molecule has 3 rings (SSSR count). The number of nitrogens with one attached hydrogen (secondary N) is 1. The van der Waals surface area contributed by atoms with E-state index in [1.807, 2.05) is 31.2 Å². The number of anilines is 1. The Morgan fingerprint density at radius 3 is 2.55 bits per heavy atom. The van der Waals surface area contributed by atoms with Gasteiger partial charge in [-0.15, -0.1) is 0 Å². The Morgan fingerprint density at radius 1 is 1.05 bits per heavy atom. The van der Waals surface area contributed by atoms with Gasteiger partial charge in [-0.05, 0) is 30.5 Å². The minimum absolute atomic E-state index is 0.164. The monoisotopic (exact) mass is 267 g/mol. The van der Waals surface area contributed by atoms with E-state index in [9.17, 15) is 9.59 Å². The van der Waals surface area contributed by atoms with Crippen LogP contribution in [0.25, 0.3) is 21.7 Å². The molecule has 1 N–H and O–H groups in total. The van der Waals surface area contributed by atoms with Crippen LogP contribution in [0.4, 0.5) is 5.69 Å². The van der Waals surface area contributed by atoms with Gasteiger partial charge in [0.1, 0.15) is 5.58 Å². The molecule has 2 aromatic carbocycles. The van der Waals surface area contributed by atoms with Gasteiger partial charge in [-0.25, -0.2) is 4.79 Å². The SMILES string of the molecule is CC(=O)Nc1ccc2c(c1)oc(=O)c1cc(C)ccc12. The number of rotatable bonds is 1. The molecule has 0 bridgehead atoms. The third-order valence-corrected chi connectivity index (χ3v) is 3.19. The first-order valence-corrected chi connectivity index (χ1v) is 6.29. The standard InChI is InChI=1S/C16H13NO3/c1-9-3-5-12-13-6-4-11(17-10(2)18)8-15(13)20-16(19)14(12)7-9/h3-8H,1-2H3,(H,17,18). The smallest absolute Gasteiger partial charge is 0.344 e. The zero-order valence-electron chi connectivity index (χ0n) is 11.2. The molecule has 0 radical (unpaired) electrons. The highest BCUT2D eigenvalue weighted by atomic mass is 16.4. The minimum atomic E-state index is -0.365. The number of benzene rings is 2. The van der Waals surface area contributed by atoms with Gasteiger partial charge in [-0.1, -0.05) is 17.7 Å². The van der Waals surface area contributed by atoms with Crippen molar-refractivity contribution in [3.63, 3.8) is 0 Å². The summed E-state index contributed by atoms with van der Waals surface area (Å²) in [6, 6.07) is 11.0. The number of hydrogen-bond donors (Lipinski definition) is 1. The van der Waals surface area contributed by atoms with Gasteiger partial charge in [0.2, 0.25) is 5.91 Å². The van der Waals surface area contributed by atoms with Crippen LogP contribution in [0.2, 0.25) is 0 Å². The van der Waals surface area contributed by atoms with Crippen molar-refractivity contribution < 1.29 is 9.21 Å². The van der Waals surface area contributed by atoms with Crippen LogP contribution in [0, 0.1) is 6.92 Å². The third-order valence-electron chi connectivity index (χ3n) is 3.19. The van der Waals surface area contributed by atoms with Crippen molar-refractivity contribution in [2.45, 2.75) is 13.8 Å². The Morgan fingerprint density at radius 2 is 1.80 bits per heavy atom. The fourth-order valence-corrected chi connectivity index (χ4v) is 2.33. The van der Waals surface area contributed by atoms with Gasteiger partial charge in [-0.3, -0.25) is 4.79 Å². The number of amides is 1. The molecule has 3 aromatic rings. The number of hydrogen-bond acceptors (Lipinski definition) is 3. The van der Waals surface area contributed by atoms with Crippen LogP contribution in [-0.2, 0) is 4.79 Å². The van der Waals surface area contributed by atoms with E-state index in [2.05, 4.69) is 5.32 Å². The highest BCUT2D eigenvalue weighted by molar-refractivity contribution is 6.05. The first kappa shape index (κ1) is 12.4. The molecule has 1 heterocycles. The molecule has 0 unspecified atom stereocenters. The van der Waals surface area contributed by atoms with Gasteiger partial charge < -0.3 is 9.73 Å². The second-order valence-corrected chi connectivity index (χ2v) is 4.83. The molecule has 1 amide bonds. The van der Waals surface area contributed by atoms with Crippen molar-refractivity contribution in [3.05, 3.63) is 52.4 Å². The molecular formula is C16H13NO3. The van der Waals surface area contributed by atoms with E-state index >= 15 is 0 Å². The van der Waals surface area contributed by atoms with Crippen LogP contribution < -0.4 is 10.9 Å². The lowest BCUT2D eigenvalue weighted by Gasteiger charge is -2.06. The molecule has 0 spiro atoms. The maximum atomic E-state index is 12.0. The van der Waals surface area contributed by atoms with Crippen LogP contribution in [-0.4, -0.2) is 5.91 Å². The van der Waals surface area contributed by atoms with E-state index in [-0.39, 0.29) is 11.5 Å². The van der Waals surface area contributed by atoms with Crippen molar-refractivity contribution >= 4 is 33.3 Å². The molecule has 1 aromatic heterocycles. The van der Waals surface area contributed by atoms with Crippen LogP contribution in [0.5, 0.6) is 0 Å². The summed E-state index contributed by atoms with van der Waals surface area (Å²) in [7, 11) is 0. The zero-order chi connectivity index (χ0) is 14.3. The fraction of sp³-hybridized carbons (Fsp3) is 0.125. The van der Waals surface area contributed by atoms with E-state index in [1.54, 1.807) is 12.1 Å². The van der Waals surface area contributed by atoms with Gasteiger partial charge in [0.25, 0.3) is 0 Å². The largest absolute Gasteiger partial charge is 0.422 e. The first-order valence-electron chi connectivity index (χ1n) is 6.29. The summed E-state index contributed by atoms with van der Waals surface area (Å²) in [6.45, 7) is 3.37. The van der Waals surface area contributed by atoms with Crippen molar-refractivity contribution in [1.82, 2.24) is 0 Å². The van der Waals surface area contributed by atoms with Gasteiger partial charge in [-0.2, -0.15) is 0 Å². The molecule has 0 aliphatic heterocycles. The third kappa shape index (κ3) is 2.05. The molecule has 0 aliphatic rings. The van der Waals surface area contributed by atoms with Crippen LogP contribution >= 0.6 is 0 Å². The molecular weight excluding hydrogens is 254 g/mol. The Kier molecular flexibility index (Phi) is 2.79. The second-order valence-electron chi connectivity index (χ2n) is 4.83. The summed E-state index contributed by atoms with van der Waals surface area (Å²) in [6.07, 6.45) is 0. The van der Waals surface area contributed by atoms with Crippen molar-refractivity contribution in [2.24, 2.45) is 0 Å². The molecule has 0 saturated heterocycles. The lowest BCUT2D eigenvalue weighted by molar-refractivity contribution is -0.114. The normalized spacial score (nSPS) is 10.9. The summed E-state index contributed by atoms with van der Waals surface area (Å²) < 4.78 is 5.35. The summed E-state index contributed by atoms with van der Waals surface area (Å²) in [5.41, 5.74) is 1.73. The molecule has 4 heteroatoms. The molecule has 0 aliphatic carbocycles. The Labute approximate surface area is 115 Å². The van der Waals surface area contributed by atoms with Gasteiger partial charge in [0.05, 0.1) is 5.39 Å². The Bertz CT molecular complexity index is 893. The van der Waals surface area contributed by atoms with Gasteiger partial charge in [0, 0.05) is 24.1 Å². The lowest BCUT2D eigenvalue weighted by Crippen LogP contribution is -2.06. The predicted octanol–water partition coefficient (Wildman–Crippen LogP) is 3.21. The second kappa shape index (κ2) is 4.49. The van der Waals surface area contributed by atoms with Gasteiger partial charge >= 0.3 is 5.63 Å². The minimum Gasteiger partial charge on any atom is -0.422 e. The van der Waals surface area contributed by atoms with Gasteiger partial charge in [0.15, 0.2) is 0 Å². The van der Waals surface area contributed by atoms with E-state index in [0.717, 1.165) is 16.3 Å². The molecule has 0 fully saturated rings. The summed E-state index contributed by atoms with van der Waals surface area (Å²) >= 11 is 0. The lowest BCUT2D eigenvalue weighted by atomic mass is 10.1. The molecule has 0 atom stereocenters. The maximum absolute atomic E-state index is 12.0. The number of fused-ring (bicyclic) bond motifs is 3. The Hall–Kier alpha value is -2.62. The van der Waals surface area contributed by atoms with Crippen LogP contribution in [0.15, 0.2) is 45.6 Å². The quantitative estimate of drug-likeness (QED) is 0.544. The van der Waals surface area contributed by atoms with E-state index in [0.29, 0.717) is 16.7 Å². The van der Waals surface area contributed by atoms with E-state index in [4.69, 9.17) is 4.42 Å². The number of aryl methyl sites for hydroxylation is 1. The molecule has 4 nitrogen and oxygen atoms in total. The van der Waals surface area contributed by atoms with Crippen molar-refractivity contribution in [1.29, 1.82) is 0 Å². The highest BCUT2D eigenvalue weighted by Crippen LogP contribution is 2.25. The maximum Gasteiger partial charge on any atom is 0.344 e. The van der Waals surface area contributed by atoms with Crippen molar-refractivity contribution in [3.8, 4) is 0 Å². The molecule has 20 heavy (non-hydrogen) atoms. The summed E-state index contributed by atoms with van der Waals surface area (Å²) in [5.74, 6) is -0.164. The van der Waals surface area contributed by atoms with Crippen molar-refractivity contribution in [2.75, 3.05) is 5.32 Å².